The highest BCUT2D eigenvalue weighted by Gasteiger charge is 2.24. The summed E-state index contributed by atoms with van der Waals surface area (Å²) in [6.45, 7) is 0. The first-order valence-electron chi connectivity index (χ1n) is 5.23. The Labute approximate surface area is 95.0 Å². The van der Waals surface area contributed by atoms with Crippen molar-refractivity contribution in [2.24, 2.45) is 0 Å². The molecule has 2 rings (SSSR count). The fourth-order valence-electron chi connectivity index (χ4n) is 1.89. The van der Waals surface area contributed by atoms with Crippen LogP contribution in [-0.4, -0.2) is 30.9 Å². The third-order valence-corrected chi connectivity index (χ3v) is 4.50. The Morgan fingerprint density at radius 1 is 1.50 bits per heavy atom. The summed E-state index contributed by atoms with van der Waals surface area (Å²) in [6.07, 6.45) is 4.77. The number of anilines is 2. The first kappa shape index (κ1) is 11.2. The minimum atomic E-state index is -2.88. The number of aromatic nitrogens is 1. The molecule has 0 bridgehead atoms. The highest BCUT2D eigenvalue weighted by Crippen LogP contribution is 2.21. The molecule has 0 saturated carbocycles. The monoisotopic (exact) mass is 241 g/mol. The molecule has 0 radical (unpaired) electrons. The number of pyridine rings is 1. The standard InChI is InChI=1S/C10H15N3O2S/c11-9-6-12-4-3-10(9)13-8-2-1-5-16(14,15)7-8/h3-4,6,8H,1-2,5,7,11H2,(H,12,13). The van der Waals surface area contributed by atoms with Crippen LogP contribution in [0.2, 0.25) is 0 Å². The fraction of sp³-hybridized carbons (Fsp3) is 0.500. The molecule has 88 valence electrons. The van der Waals surface area contributed by atoms with Crippen molar-refractivity contribution >= 4 is 21.2 Å². The topological polar surface area (TPSA) is 85.1 Å². The minimum Gasteiger partial charge on any atom is -0.396 e. The summed E-state index contributed by atoms with van der Waals surface area (Å²) >= 11 is 0. The van der Waals surface area contributed by atoms with E-state index in [1.54, 1.807) is 18.5 Å². The van der Waals surface area contributed by atoms with Gasteiger partial charge in [0.15, 0.2) is 9.84 Å². The van der Waals surface area contributed by atoms with Crippen LogP contribution in [0.1, 0.15) is 12.8 Å². The van der Waals surface area contributed by atoms with Gasteiger partial charge in [0.05, 0.1) is 29.1 Å². The van der Waals surface area contributed by atoms with Gasteiger partial charge in [0, 0.05) is 12.2 Å². The zero-order valence-electron chi connectivity index (χ0n) is 8.89. The molecule has 6 heteroatoms. The molecule has 1 aromatic rings. The molecule has 0 spiro atoms. The molecular formula is C10H15N3O2S. The first-order valence-corrected chi connectivity index (χ1v) is 7.05. The molecular weight excluding hydrogens is 226 g/mol. The maximum absolute atomic E-state index is 11.5. The molecule has 3 N–H and O–H groups in total. The zero-order chi connectivity index (χ0) is 11.6. The molecule has 0 amide bonds. The smallest absolute Gasteiger partial charge is 0.152 e. The van der Waals surface area contributed by atoms with Crippen molar-refractivity contribution in [1.29, 1.82) is 0 Å². The number of sulfone groups is 1. The van der Waals surface area contributed by atoms with E-state index in [0.29, 0.717) is 17.9 Å². The van der Waals surface area contributed by atoms with E-state index in [1.807, 2.05) is 0 Å². The number of hydrogen-bond acceptors (Lipinski definition) is 5. The summed E-state index contributed by atoms with van der Waals surface area (Å²) in [4.78, 5) is 3.88. The maximum Gasteiger partial charge on any atom is 0.152 e. The summed E-state index contributed by atoms with van der Waals surface area (Å²) in [5, 5.41) is 3.16. The minimum absolute atomic E-state index is 0.0385. The molecule has 1 unspecified atom stereocenters. The van der Waals surface area contributed by atoms with E-state index in [0.717, 1.165) is 12.1 Å². The van der Waals surface area contributed by atoms with Crippen LogP contribution >= 0.6 is 0 Å². The third kappa shape index (κ3) is 2.63. The lowest BCUT2D eigenvalue weighted by molar-refractivity contribution is 0.562. The van der Waals surface area contributed by atoms with Gasteiger partial charge in [-0.15, -0.1) is 0 Å². The summed E-state index contributed by atoms with van der Waals surface area (Å²) in [5.41, 5.74) is 7.04. The summed E-state index contributed by atoms with van der Waals surface area (Å²) in [5.74, 6) is 0.492. The van der Waals surface area contributed by atoms with Gasteiger partial charge in [-0.3, -0.25) is 4.98 Å². The van der Waals surface area contributed by atoms with Crippen molar-refractivity contribution in [2.75, 3.05) is 22.6 Å². The second-order valence-corrected chi connectivity index (χ2v) is 6.29. The maximum atomic E-state index is 11.5. The number of nitrogens with one attached hydrogen (secondary N) is 1. The van der Waals surface area contributed by atoms with Gasteiger partial charge in [0.1, 0.15) is 0 Å². The Hall–Kier alpha value is -1.30. The Bertz CT molecular complexity index is 473. The zero-order valence-corrected chi connectivity index (χ0v) is 9.70. The molecule has 1 fully saturated rings. The molecule has 1 aliphatic rings. The van der Waals surface area contributed by atoms with E-state index in [-0.39, 0.29) is 11.8 Å². The van der Waals surface area contributed by atoms with Crippen molar-refractivity contribution in [3.63, 3.8) is 0 Å². The SMILES string of the molecule is Nc1cnccc1NC1CCCS(=O)(=O)C1. The number of nitrogen functional groups attached to an aromatic ring is 1. The van der Waals surface area contributed by atoms with E-state index in [1.165, 1.54) is 0 Å². The lowest BCUT2D eigenvalue weighted by Crippen LogP contribution is -2.35. The highest BCUT2D eigenvalue weighted by molar-refractivity contribution is 7.91. The van der Waals surface area contributed by atoms with Crippen LogP contribution in [0.15, 0.2) is 18.5 Å². The molecule has 16 heavy (non-hydrogen) atoms. The number of nitrogens with zero attached hydrogens (tertiary/aromatic N) is 1. The van der Waals surface area contributed by atoms with E-state index in [9.17, 15) is 8.42 Å². The van der Waals surface area contributed by atoms with Crippen LogP contribution < -0.4 is 11.1 Å². The second-order valence-electron chi connectivity index (χ2n) is 4.06. The highest BCUT2D eigenvalue weighted by atomic mass is 32.2. The van der Waals surface area contributed by atoms with Crippen LogP contribution in [0.4, 0.5) is 11.4 Å². The Morgan fingerprint density at radius 3 is 3.00 bits per heavy atom. The van der Waals surface area contributed by atoms with Crippen molar-refractivity contribution < 1.29 is 8.42 Å². The predicted octanol–water partition coefficient (Wildman–Crippen LogP) is 0.653. The summed E-state index contributed by atoms with van der Waals surface area (Å²) < 4.78 is 22.9. The third-order valence-electron chi connectivity index (χ3n) is 2.67. The second kappa shape index (κ2) is 4.29. The van der Waals surface area contributed by atoms with Crippen molar-refractivity contribution in [1.82, 2.24) is 4.98 Å². The number of hydrogen-bond donors (Lipinski definition) is 2. The van der Waals surface area contributed by atoms with Crippen molar-refractivity contribution in [3.05, 3.63) is 18.5 Å². The average molecular weight is 241 g/mol. The fourth-order valence-corrected chi connectivity index (χ4v) is 3.53. The van der Waals surface area contributed by atoms with Gasteiger partial charge in [-0.05, 0) is 18.9 Å². The van der Waals surface area contributed by atoms with Gasteiger partial charge < -0.3 is 11.1 Å². The molecule has 1 saturated heterocycles. The van der Waals surface area contributed by atoms with Gasteiger partial charge in [-0.1, -0.05) is 0 Å². The number of rotatable bonds is 2. The molecule has 1 atom stereocenters. The van der Waals surface area contributed by atoms with Gasteiger partial charge in [0.2, 0.25) is 0 Å². The van der Waals surface area contributed by atoms with E-state index in [2.05, 4.69) is 10.3 Å². The van der Waals surface area contributed by atoms with Crippen LogP contribution in [-0.2, 0) is 9.84 Å². The van der Waals surface area contributed by atoms with Crippen LogP contribution in [0.3, 0.4) is 0 Å². The first-order chi connectivity index (χ1) is 7.57. The quantitative estimate of drug-likeness (QED) is 0.794. The van der Waals surface area contributed by atoms with E-state index in [4.69, 9.17) is 5.73 Å². The van der Waals surface area contributed by atoms with E-state index < -0.39 is 9.84 Å². The Balaban J connectivity index is 2.08. The Morgan fingerprint density at radius 2 is 2.31 bits per heavy atom. The molecule has 0 aliphatic carbocycles. The summed E-state index contributed by atoms with van der Waals surface area (Å²) in [6, 6.07) is 1.72. The number of nitrogens with two attached hydrogens (primary N) is 1. The lowest BCUT2D eigenvalue weighted by atomic mass is 10.2. The normalized spacial score (nSPS) is 23.9. The van der Waals surface area contributed by atoms with Gasteiger partial charge in [-0.25, -0.2) is 8.42 Å². The van der Waals surface area contributed by atoms with Gasteiger partial charge in [0.25, 0.3) is 0 Å². The molecule has 5 nitrogen and oxygen atoms in total. The van der Waals surface area contributed by atoms with E-state index >= 15 is 0 Å². The van der Waals surface area contributed by atoms with Crippen LogP contribution in [0.25, 0.3) is 0 Å². The predicted molar refractivity (Wildman–Crippen MR) is 63.9 cm³/mol. The Kier molecular flexibility index (Phi) is 3.00. The molecule has 1 aliphatic heterocycles. The van der Waals surface area contributed by atoms with Crippen LogP contribution in [0.5, 0.6) is 0 Å². The van der Waals surface area contributed by atoms with Crippen LogP contribution in [0, 0.1) is 0 Å². The van der Waals surface area contributed by atoms with Gasteiger partial charge in [-0.2, -0.15) is 0 Å². The molecule has 2 heterocycles. The van der Waals surface area contributed by atoms with Crippen molar-refractivity contribution in [2.45, 2.75) is 18.9 Å². The average Bonchev–Trinajstić information content (AvgIpc) is 2.20. The lowest BCUT2D eigenvalue weighted by Gasteiger charge is -2.24. The van der Waals surface area contributed by atoms with Gasteiger partial charge >= 0.3 is 0 Å². The van der Waals surface area contributed by atoms with Crippen molar-refractivity contribution in [3.8, 4) is 0 Å². The summed E-state index contributed by atoms with van der Waals surface area (Å²) in [7, 11) is -2.88. The molecule has 0 aromatic carbocycles. The largest absolute Gasteiger partial charge is 0.396 e. The molecule has 1 aromatic heterocycles.